The van der Waals surface area contributed by atoms with Gasteiger partial charge in [-0.05, 0) is 42.0 Å². The summed E-state index contributed by atoms with van der Waals surface area (Å²) in [5, 5.41) is 11.8. The third kappa shape index (κ3) is 6.16. The van der Waals surface area contributed by atoms with E-state index in [4.69, 9.17) is 5.26 Å². The largest absolute Gasteiger partial charge is 0.348 e. The molecule has 1 amide bonds. The summed E-state index contributed by atoms with van der Waals surface area (Å²) < 4.78 is 25.1. The Labute approximate surface area is 172 Å². The van der Waals surface area contributed by atoms with Crippen molar-refractivity contribution in [2.24, 2.45) is 5.92 Å². The van der Waals surface area contributed by atoms with Gasteiger partial charge in [0.1, 0.15) is 5.75 Å². The van der Waals surface area contributed by atoms with Gasteiger partial charge in [-0.15, -0.1) is 0 Å². The van der Waals surface area contributed by atoms with Crippen molar-refractivity contribution in [3.63, 3.8) is 0 Å². The van der Waals surface area contributed by atoms with E-state index < -0.39 is 21.5 Å². The molecule has 5 nitrogen and oxygen atoms in total. The van der Waals surface area contributed by atoms with Crippen molar-refractivity contribution in [3.8, 4) is 6.07 Å². The summed E-state index contributed by atoms with van der Waals surface area (Å²) in [5.74, 6) is -0.886. The standard InChI is InChI=1S/C23H26N2O3S/c24-15-18-11-13-19(14-12-18)16-29(27,28)17-22(26)25-23(20-7-3-1-4-8-20)21-9-5-2-6-10-21/h1,3-4,7-8,11-14,21,23H,2,5-6,9-10,16-17H2,(H,25,26). The van der Waals surface area contributed by atoms with E-state index in [-0.39, 0.29) is 11.8 Å². The predicted octanol–water partition coefficient (Wildman–Crippen LogP) is 3.91. The van der Waals surface area contributed by atoms with Crippen LogP contribution in [0.15, 0.2) is 54.6 Å². The summed E-state index contributed by atoms with van der Waals surface area (Å²) in [4.78, 5) is 12.6. The molecule has 0 heterocycles. The third-order valence-electron chi connectivity index (χ3n) is 5.42. The van der Waals surface area contributed by atoms with E-state index >= 15 is 0 Å². The number of hydrogen-bond acceptors (Lipinski definition) is 4. The van der Waals surface area contributed by atoms with Crippen LogP contribution in [-0.2, 0) is 20.4 Å². The smallest absolute Gasteiger partial charge is 0.235 e. The molecule has 6 heteroatoms. The molecule has 0 aliphatic heterocycles. The van der Waals surface area contributed by atoms with Gasteiger partial charge in [-0.25, -0.2) is 8.42 Å². The van der Waals surface area contributed by atoms with Crippen molar-refractivity contribution >= 4 is 15.7 Å². The van der Waals surface area contributed by atoms with Crippen molar-refractivity contribution in [1.29, 1.82) is 5.26 Å². The van der Waals surface area contributed by atoms with E-state index in [0.717, 1.165) is 31.2 Å². The molecular weight excluding hydrogens is 384 g/mol. The zero-order chi connectivity index (χ0) is 20.7. The van der Waals surface area contributed by atoms with E-state index in [1.807, 2.05) is 36.4 Å². The highest BCUT2D eigenvalue weighted by Gasteiger charge is 2.28. The van der Waals surface area contributed by atoms with Gasteiger partial charge < -0.3 is 5.32 Å². The van der Waals surface area contributed by atoms with Crippen molar-refractivity contribution in [3.05, 3.63) is 71.3 Å². The molecule has 1 saturated carbocycles. The van der Waals surface area contributed by atoms with Crippen LogP contribution >= 0.6 is 0 Å². The maximum Gasteiger partial charge on any atom is 0.235 e. The monoisotopic (exact) mass is 410 g/mol. The molecule has 1 aliphatic carbocycles. The number of benzene rings is 2. The van der Waals surface area contributed by atoms with E-state index in [1.165, 1.54) is 6.42 Å². The van der Waals surface area contributed by atoms with Gasteiger partial charge in [0.2, 0.25) is 5.91 Å². The Balaban J connectivity index is 1.67. The van der Waals surface area contributed by atoms with Crippen LogP contribution in [-0.4, -0.2) is 20.1 Å². The molecule has 0 saturated heterocycles. The highest BCUT2D eigenvalue weighted by molar-refractivity contribution is 7.91. The van der Waals surface area contributed by atoms with Crippen LogP contribution in [0, 0.1) is 17.2 Å². The molecule has 1 fully saturated rings. The van der Waals surface area contributed by atoms with E-state index in [9.17, 15) is 13.2 Å². The van der Waals surface area contributed by atoms with Crippen LogP contribution in [0.25, 0.3) is 0 Å². The summed E-state index contributed by atoms with van der Waals surface area (Å²) in [6.07, 6.45) is 5.57. The Morgan fingerprint density at radius 1 is 1.03 bits per heavy atom. The maximum atomic E-state index is 12.6. The first-order valence-electron chi connectivity index (χ1n) is 10.0. The molecule has 29 heavy (non-hydrogen) atoms. The molecule has 1 atom stereocenters. The molecule has 1 aliphatic rings. The van der Waals surface area contributed by atoms with Crippen molar-refractivity contribution in [1.82, 2.24) is 5.32 Å². The Kier molecular flexibility index (Phi) is 7.05. The first-order valence-corrected chi connectivity index (χ1v) is 11.8. The lowest BCUT2D eigenvalue weighted by molar-refractivity contribution is -0.119. The Hall–Kier alpha value is -2.65. The number of nitriles is 1. The molecule has 0 aromatic heterocycles. The molecular formula is C23H26N2O3S. The first kappa shape index (κ1) is 21.1. The van der Waals surface area contributed by atoms with Crippen LogP contribution in [0.5, 0.6) is 0 Å². The van der Waals surface area contributed by atoms with E-state index in [0.29, 0.717) is 17.0 Å². The normalized spacial score (nSPS) is 16.0. The molecule has 3 rings (SSSR count). The fourth-order valence-electron chi connectivity index (χ4n) is 4.00. The van der Waals surface area contributed by atoms with Crippen molar-refractivity contribution in [2.45, 2.75) is 43.9 Å². The molecule has 0 bridgehead atoms. The number of sulfone groups is 1. The summed E-state index contributed by atoms with van der Waals surface area (Å²) in [5.41, 5.74) is 2.07. The number of rotatable bonds is 7. The second-order valence-corrected chi connectivity index (χ2v) is 9.76. The molecule has 1 unspecified atom stereocenters. The number of nitrogens with zero attached hydrogens (tertiary/aromatic N) is 1. The average molecular weight is 411 g/mol. The molecule has 2 aromatic rings. The summed E-state index contributed by atoms with van der Waals surface area (Å²) >= 11 is 0. The Bertz CT molecular complexity index is 957. The lowest BCUT2D eigenvalue weighted by Crippen LogP contribution is -2.38. The lowest BCUT2D eigenvalue weighted by atomic mass is 9.81. The summed E-state index contributed by atoms with van der Waals surface area (Å²) in [6.45, 7) is 0. The molecule has 2 aromatic carbocycles. The SMILES string of the molecule is N#Cc1ccc(CS(=O)(=O)CC(=O)NC(c2ccccc2)C2CCCCC2)cc1. The third-order valence-corrected chi connectivity index (χ3v) is 6.89. The number of carbonyl (C=O) groups excluding carboxylic acids is 1. The zero-order valence-corrected chi connectivity index (χ0v) is 17.2. The van der Waals surface area contributed by atoms with Crippen molar-refractivity contribution < 1.29 is 13.2 Å². The van der Waals surface area contributed by atoms with Gasteiger partial charge >= 0.3 is 0 Å². The van der Waals surface area contributed by atoms with Gasteiger partial charge in [0.15, 0.2) is 9.84 Å². The maximum absolute atomic E-state index is 12.6. The number of carbonyl (C=O) groups is 1. The van der Waals surface area contributed by atoms with Crippen LogP contribution in [0.2, 0.25) is 0 Å². The zero-order valence-electron chi connectivity index (χ0n) is 16.4. The molecule has 0 spiro atoms. The molecule has 0 radical (unpaired) electrons. The second-order valence-electron chi connectivity index (χ2n) is 7.69. The van der Waals surface area contributed by atoms with Crippen molar-refractivity contribution in [2.75, 3.05) is 5.75 Å². The Morgan fingerprint density at radius 3 is 2.31 bits per heavy atom. The van der Waals surface area contributed by atoms with Gasteiger partial charge in [-0.1, -0.05) is 61.7 Å². The summed E-state index contributed by atoms with van der Waals surface area (Å²) in [6, 6.07) is 18.0. The molecule has 1 N–H and O–H groups in total. The minimum Gasteiger partial charge on any atom is -0.348 e. The number of nitrogens with one attached hydrogen (secondary N) is 1. The predicted molar refractivity (Wildman–Crippen MR) is 113 cm³/mol. The minimum absolute atomic E-state index is 0.158. The Morgan fingerprint density at radius 2 is 1.69 bits per heavy atom. The van der Waals surface area contributed by atoms with E-state index in [2.05, 4.69) is 5.32 Å². The van der Waals surface area contributed by atoms with Crippen LogP contribution in [0.1, 0.15) is 54.8 Å². The highest BCUT2D eigenvalue weighted by Crippen LogP contribution is 2.34. The van der Waals surface area contributed by atoms with Gasteiger partial charge in [0.05, 0.1) is 23.4 Å². The van der Waals surface area contributed by atoms with Crippen LogP contribution in [0.3, 0.4) is 0 Å². The van der Waals surface area contributed by atoms with Gasteiger partial charge in [0.25, 0.3) is 0 Å². The second kappa shape index (κ2) is 9.71. The minimum atomic E-state index is -3.61. The van der Waals surface area contributed by atoms with Gasteiger partial charge in [-0.3, -0.25) is 4.79 Å². The first-order chi connectivity index (χ1) is 14.0. The van der Waals surface area contributed by atoms with Crippen LogP contribution < -0.4 is 5.32 Å². The van der Waals surface area contributed by atoms with Gasteiger partial charge in [0, 0.05) is 0 Å². The topological polar surface area (TPSA) is 87.0 Å². The fraction of sp³-hybridized carbons (Fsp3) is 0.391. The average Bonchev–Trinajstić information content (AvgIpc) is 2.73. The lowest BCUT2D eigenvalue weighted by Gasteiger charge is -2.31. The fourth-order valence-corrected chi connectivity index (χ4v) is 5.28. The quantitative estimate of drug-likeness (QED) is 0.750. The molecule has 152 valence electrons. The number of amides is 1. The van der Waals surface area contributed by atoms with Crippen LogP contribution in [0.4, 0.5) is 0 Å². The highest BCUT2D eigenvalue weighted by atomic mass is 32.2. The van der Waals surface area contributed by atoms with E-state index in [1.54, 1.807) is 24.3 Å². The van der Waals surface area contributed by atoms with Gasteiger partial charge in [-0.2, -0.15) is 5.26 Å². The number of hydrogen-bond donors (Lipinski definition) is 1. The summed E-state index contributed by atoms with van der Waals surface area (Å²) in [7, 11) is -3.61.